The lowest BCUT2D eigenvalue weighted by molar-refractivity contribution is 0.0947. The van der Waals surface area contributed by atoms with Gasteiger partial charge in [0.05, 0.1) is 11.8 Å². The van der Waals surface area contributed by atoms with Crippen molar-refractivity contribution in [1.82, 2.24) is 10.3 Å². The Balaban J connectivity index is 1.93. The van der Waals surface area contributed by atoms with Crippen LogP contribution in [0.15, 0.2) is 18.5 Å². The quantitative estimate of drug-likeness (QED) is 0.819. The minimum absolute atomic E-state index is 0.0679. The molecule has 4 heteroatoms. The number of pyridine rings is 1. The number of nitrogens with zero attached hydrogens (tertiary/aromatic N) is 1. The molecule has 2 atom stereocenters. The van der Waals surface area contributed by atoms with Gasteiger partial charge in [0.2, 0.25) is 0 Å². The highest BCUT2D eigenvalue weighted by molar-refractivity contribution is 5.94. The summed E-state index contributed by atoms with van der Waals surface area (Å²) in [6.45, 7) is 2.78. The van der Waals surface area contributed by atoms with Gasteiger partial charge in [0.1, 0.15) is 0 Å². The fourth-order valence-electron chi connectivity index (χ4n) is 1.56. The summed E-state index contributed by atoms with van der Waals surface area (Å²) in [5.74, 6) is 0.333. The second kappa shape index (κ2) is 3.96. The van der Waals surface area contributed by atoms with Crippen LogP contribution in [0.3, 0.4) is 0 Å². The normalized spacial score (nSPS) is 23.6. The predicted octanol–water partition coefficient (Wildman–Crippen LogP) is 1.61. The van der Waals surface area contributed by atoms with Crippen LogP contribution in [0.2, 0.25) is 0 Å². The number of hydrogen-bond donors (Lipinski definition) is 1. The summed E-state index contributed by atoms with van der Waals surface area (Å²) in [7, 11) is 0. The van der Waals surface area contributed by atoms with Crippen molar-refractivity contribution in [1.29, 1.82) is 0 Å². The number of hydrogen-bond acceptors (Lipinski definition) is 2. The third-order valence-corrected chi connectivity index (χ3v) is 2.82. The molecular formula is C11H13FN2O. The van der Waals surface area contributed by atoms with Crippen molar-refractivity contribution < 1.29 is 9.18 Å². The zero-order valence-electron chi connectivity index (χ0n) is 8.53. The van der Waals surface area contributed by atoms with E-state index in [-0.39, 0.29) is 11.5 Å². The van der Waals surface area contributed by atoms with Gasteiger partial charge in [-0.3, -0.25) is 9.78 Å². The molecule has 0 bridgehead atoms. The van der Waals surface area contributed by atoms with Gasteiger partial charge in [-0.05, 0) is 24.3 Å². The maximum absolute atomic E-state index is 13.1. The number of aromatic nitrogens is 1. The molecule has 1 heterocycles. The van der Waals surface area contributed by atoms with E-state index >= 15 is 0 Å². The number of nitrogens with one attached hydrogen (secondary N) is 1. The van der Waals surface area contributed by atoms with E-state index < -0.39 is 5.82 Å². The van der Waals surface area contributed by atoms with Gasteiger partial charge in [-0.2, -0.15) is 0 Å². The number of carbonyl (C=O) groups is 1. The van der Waals surface area contributed by atoms with Crippen molar-refractivity contribution in [2.75, 3.05) is 6.54 Å². The average Bonchev–Trinajstić information content (AvgIpc) is 2.92. The van der Waals surface area contributed by atoms with Crippen LogP contribution in [-0.4, -0.2) is 17.4 Å². The third-order valence-electron chi connectivity index (χ3n) is 2.82. The Hall–Kier alpha value is -1.45. The molecule has 1 saturated carbocycles. The van der Waals surface area contributed by atoms with Crippen LogP contribution in [0.1, 0.15) is 23.7 Å². The molecular weight excluding hydrogens is 195 g/mol. The van der Waals surface area contributed by atoms with Crippen LogP contribution in [0.25, 0.3) is 0 Å². The first-order valence-electron chi connectivity index (χ1n) is 5.06. The molecule has 1 aromatic heterocycles. The van der Waals surface area contributed by atoms with Crippen LogP contribution in [0, 0.1) is 17.7 Å². The van der Waals surface area contributed by atoms with E-state index in [4.69, 9.17) is 0 Å². The van der Waals surface area contributed by atoms with Crippen molar-refractivity contribution in [3.8, 4) is 0 Å². The highest BCUT2D eigenvalue weighted by Crippen LogP contribution is 2.36. The Morgan fingerprint density at radius 1 is 1.73 bits per heavy atom. The van der Waals surface area contributed by atoms with Gasteiger partial charge in [-0.25, -0.2) is 4.39 Å². The predicted molar refractivity (Wildman–Crippen MR) is 53.8 cm³/mol. The molecule has 0 aliphatic heterocycles. The zero-order chi connectivity index (χ0) is 10.8. The second-order valence-electron chi connectivity index (χ2n) is 4.04. The molecule has 1 aliphatic rings. The van der Waals surface area contributed by atoms with Gasteiger partial charge >= 0.3 is 0 Å². The third kappa shape index (κ3) is 2.32. The summed E-state index contributed by atoms with van der Waals surface area (Å²) in [5, 5.41) is 2.73. The first-order chi connectivity index (χ1) is 7.18. The van der Waals surface area contributed by atoms with Crippen molar-refractivity contribution in [3.63, 3.8) is 0 Å². The van der Waals surface area contributed by atoms with Crippen LogP contribution < -0.4 is 5.32 Å². The minimum atomic E-state index is -0.571. The van der Waals surface area contributed by atoms with Gasteiger partial charge in [0, 0.05) is 12.7 Å². The first kappa shape index (κ1) is 10.1. The second-order valence-corrected chi connectivity index (χ2v) is 4.04. The SMILES string of the molecule is CC1CC1CNC(=O)c1ccncc1F. The van der Waals surface area contributed by atoms with E-state index in [0.717, 1.165) is 12.6 Å². The van der Waals surface area contributed by atoms with E-state index in [1.807, 2.05) is 0 Å². The molecule has 1 aromatic rings. The van der Waals surface area contributed by atoms with Crippen LogP contribution in [0.4, 0.5) is 4.39 Å². The molecule has 2 rings (SSSR count). The van der Waals surface area contributed by atoms with Crippen molar-refractivity contribution in [3.05, 3.63) is 29.8 Å². The largest absolute Gasteiger partial charge is 0.352 e. The highest BCUT2D eigenvalue weighted by atomic mass is 19.1. The van der Waals surface area contributed by atoms with Crippen LogP contribution >= 0.6 is 0 Å². The summed E-state index contributed by atoms with van der Waals surface area (Å²) in [6.07, 6.45) is 3.62. The van der Waals surface area contributed by atoms with E-state index in [0.29, 0.717) is 18.4 Å². The van der Waals surface area contributed by atoms with Gasteiger partial charge in [-0.1, -0.05) is 6.92 Å². The van der Waals surface area contributed by atoms with Crippen molar-refractivity contribution in [2.45, 2.75) is 13.3 Å². The fraction of sp³-hybridized carbons (Fsp3) is 0.455. The lowest BCUT2D eigenvalue weighted by Crippen LogP contribution is -2.26. The molecule has 80 valence electrons. The maximum atomic E-state index is 13.1. The number of amides is 1. The van der Waals surface area contributed by atoms with E-state index in [2.05, 4.69) is 17.2 Å². The number of rotatable bonds is 3. The summed E-state index contributed by atoms with van der Waals surface area (Å²) >= 11 is 0. The standard InChI is InChI=1S/C11H13FN2O/c1-7-4-8(7)5-14-11(15)9-2-3-13-6-10(9)12/h2-3,6-8H,4-5H2,1H3,(H,14,15). The summed E-state index contributed by atoms with van der Waals surface area (Å²) in [5.41, 5.74) is 0.0679. The van der Waals surface area contributed by atoms with Crippen LogP contribution in [-0.2, 0) is 0 Å². The molecule has 1 fully saturated rings. The van der Waals surface area contributed by atoms with Gasteiger partial charge < -0.3 is 5.32 Å². The number of carbonyl (C=O) groups excluding carboxylic acids is 1. The first-order valence-corrected chi connectivity index (χ1v) is 5.06. The summed E-state index contributed by atoms with van der Waals surface area (Å²) < 4.78 is 13.1. The number of halogens is 1. The van der Waals surface area contributed by atoms with E-state index in [1.165, 1.54) is 12.3 Å². The van der Waals surface area contributed by atoms with E-state index in [9.17, 15) is 9.18 Å². The van der Waals surface area contributed by atoms with Gasteiger partial charge in [0.15, 0.2) is 5.82 Å². The zero-order valence-corrected chi connectivity index (χ0v) is 8.53. The molecule has 1 amide bonds. The molecule has 3 nitrogen and oxygen atoms in total. The smallest absolute Gasteiger partial charge is 0.254 e. The topological polar surface area (TPSA) is 42.0 Å². The Labute approximate surface area is 87.7 Å². The highest BCUT2D eigenvalue weighted by Gasteiger charge is 2.32. The van der Waals surface area contributed by atoms with Crippen LogP contribution in [0.5, 0.6) is 0 Å². The minimum Gasteiger partial charge on any atom is -0.352 e. The van der Waals surface area contributed by atoms with Gasteiger partial charge in [0.25, 0.3) is 5.91 Å². The molecule has 0 aromatic carbocycles. The average molecular weight is 208 g/mol. The van der Waals surface area contributed by atoms with Crippen molar-refractivity contribution in [2.24, 2.45) is 11.8 Å². The molecule has 1 aliphatic carbocycles. The molecule has 15 heavy (non-hydrogen) atoms. The Kier molecular flexibility index (Phi) is 2.66. The monoisotopic (exact) mass is 208 g/mol. The van der Waals surface area contributed by atoms with Crippen molar-refractivity contribution >= 4 is 5.91 Å². The van der Waals surface area contributed by atoms with Gasteiger partial charge in [-0.15, -0.1) is 0 Å². The summed E-state index contributed by atoms with van der Waals surface area (Å²) in [6, 6.07) is 1.39. The lowest BCUT2D eigenvalue weighted by atomic mass is 10.2. The molecule has 0 saturated heterocycles. The fourth-order valence-corrected chi connectivity index (χ4v) is 1.56. The molecule has 1 N–H and O–H groups in total. The molecule has 0 radical (unpaired) electrons. The Bertz CT molecular complexity index is 381. The van der Waals surface area contributed by atoms with E-state index in [1.54, 1.807) is 0 Å². The Morgan fingerprint density at radius 3 is 3.07 bits per heavy atom. The molecule has 2 unspecified atom stereocenters. The maximum Gasteiger partial charge on any atom is 0.254 e. The lowest BCUT2D eigenvalue weighted by Gasteiger charge is -2.04. The summed E-state index contributed by atoms with van der Waals surface area (Å²) in [4.78, 5) is 15.1. The Morgan fingerprint density at radius 2 is 2.47 bits per heavy atom. The molecule has 0 spiro atoms.